The predicted molar refractivity (Wildman–Crippen MR) is 81.2 cm³/mol. The highest BCUT2D eigenvalue weighted by atomic mass is 16.3. The summed E-state index contributed by atoms with van der Waals surface area (Å²) in [6.07, 6.45) is 4.37. The quantitative estimate of drug-likeness (QED) is 0.851. The Labute approximate surface area is 125 Å². The molecule has 0 amide bonds. The molecule has 5 heteroatoms. The lowest BCUT2D eigenvalue weighted by Crippen LogP contribution is -2.14. The Morgan fingerprint density at radius 3 is 2.81 bits per heavy atom. The topological polar surface area (TPSA) is 55.9 Å². The van der Waals surface area contributed by atoms with Crippen molar-refractivity contribution in [3.8, 4) is 0 Å². The fourth-order valence-corrected chi connectivity index (χ4v) is 2.49. The monoisotopic (exact) mass is 288 g/mol. The molecule has 0 bridgehead atoms. The molecule has 3 rings (SSSR count). The van der Waals surface area contributed by atoms with Gasteiger partial charge >= 0.3 is 0 Å². The molecule has 0 aliphatic heterocycles. The third-order valence-electron chi connectivity index (χ3n) is 3.96. The summed E-state index contributed by atoms with van der Waals surface area (Å²) >= 11 is 0. The highest BCUT2D eigenvalue weighted by Crippen LogP contribution is 2.21. The van der Waals surface area contributed by atoms with Crippen molar-refractivity contribution in [2.75, 3.05) is 0 Å². The van der Waals surface area contributed by atoms with Crippen LogP contribution in [0.5, 0.6) is 0 Å². The van der Waals surface area contributed by atoms with E-state index in [1.54, 1.807) is 0 Å². The Bertz CT molecular complexity index is 610. The van der Waals surface area contributed by atoms with Gasteiger partial charge in [0.15, 0.2) is 5.82 Å². The molecule has 1 aliphatic carbocycles. The molecule has 114 valence electrons. The minimum Gasteiger partial charge on any atom is -0.465 e. The van der Waals surface area contributed by atoms with Crippen LogP contribution in [0.3, 0.4) is 0 Å². The Hall–Kier alpha value is -1.62. The molecule has 2 aromatic rings. The molecule has 2 heterocycles. The first kappa shape index (κ1) is 14.3. The average molecular weight is 288 g/mol. The van der Waals surface area contributed by atoms with E-state index >= 15 is 0 Å². The fraction of sp³-hybridized carbons (Fsp3) is 0.625. The number of aromatic nitrogens is 3. The number of hydrogen-bond acceptors (Lipinski definition) is 4. The molecule has 0 radical (unpaired) electrons. The lowest BCUT2D eigenvalue weighted by Gasteiger charge is -2.02. The van der Waals surface area contributed by atoms with E-state index in [-0.39, 0.29) is 0 Å². The number of rotatable bonds is 7. The van der Waals surface area contributed by atoms with Gasteiger partial charge in [-0.25, -0.2) is 9.67 Å². The maximum atomic E-state index is 5.85. The van der Waals surface area contributed by atoms with E-state index < -0.39 is 0 Å². The normalized spacial score (nSPS) is 14.8. The van der Waals surface area contributed by atoms with Crippen LogP contribution in [0, 0.1) is 6.92 Å². The smallest absolute Gasteiger partial charge is 0.150 e. The molecule has 1 N–H and O–H groups in total. The van der Waals surface area contributed by atoms with Crippen molar-refractivity contribution in [3.05, 3.63) is 34.8 Å². The minimum atomic E-state index is 0.702. The van der Waals surface area contributed by atoms with E-state index in [9.17, 15) is 0 Å². The van der Waals surface area contributed by atoms with Gasteiger partial charge in [0.1, 0.15) is 17.3 Å². The fourth-order valence-electron chi connectivity index (χ4n) is 2.49. The summed E-state index contributed by atoms with van der Waals surface area (Å²) < 4.78 is 7.86. The summed E-state index contributed by atoms with van der Waals surface area (Å²) in [5.41, 5.74) is 1.20. The first-order valence-corrected chi connectivity index (χ1v) is 7.93. The van der Waals surface area contributed by atoms with Crippen LogP contribution in [-0.2, 0) is 25.9 Å². The van der Waals surface area contributed by atoms with Crippen molar-refractivity contribution >= 4 is 0 Å². The minimum absolute atomic E-state index is 0.702. The number of furan rings is 1. The van der Waals surface area contributed by atoms with Crippen LogP contribution in [0.4, 0.5) is 0 Å². The van der Waals surface area contributed by atoms with Crippen LogP contribution in [0.2, 0.25) is 0 Å². The highest BCUT2D eigenvalue weighted by Gasteiger charge is 2.21. The third kappa shape index (κ3) is 3.35. The van der Waals surface area contributed by atoms with Gasteiger partial charge in [0.2, 0.25) is 0 Å². The van der Waals surface area contributed by atoms with Gasteiger partial charge in [0, 0.05) is 24.4 Å². The van der Waals surface area contributed by atoms with Gasteiger partial charge in [0.25, 0.3) is 0 Å². The first-order chi connectivity index (χ1) is 10.2. The Morgan fingerprint density at radius 1 is 1.33 bits per heavy atom. The first-order valence-electron chi connectivity index (χ1n) is 7.93. The van der Waals surface area contributed by atoms with Crippen LogP contribution in [0.25, 0.3) is 0 Å². The molecular formula is C16H24N4O. The number of nitrogens with one attached hydrogen (secondary N) is 1. The van der Waals surface area contributed by atoms with E-state index in [0.717, 1.165) is 49.1 Å². The zero-order valence-corrected chi connectivity index (χ0v) is 13.1. The van der Waals surface area contributed by atoms with Crippen molar-refractivity contribution in [2.45, 2.75) is 65.6 Å². The van der Waals surface area contributed by atoms with Gasteiger partial charge in [-0.05, 0) is 25.8 Å². The van der Waals surface area contributed by atoms with Crippen molar-refractivity contribution in [1.29, 1.82) is 0 Å². The van der Waals surface area contributed by atoms with Crippen molar-refractivity contribution in [3.63, 3.8) is 0 Å². The summed E-state index contributed by atoms with van der Waals surface area (Å²) in [5, 5.41) is 8.06. The lowest BCUT2D eigenvalue weighted by atomic mass is 10.2. The van der Waals surface area contributed by atoms with E-state index in [1.165, 1.54) is 18.4 Å². The molecular weight excluding hydrogens is 264 g/mol. The summed E-state index contributed by atoms with van der Waals surface area (Å²) in [4.78, 5) is 4.56. The molecule has 0 spiro atoms. The van der Waals surface area contributed by atoms with Crippen LogP contribution < -0.4 is 5.32 Å². The number of nitrogens with zero attached hydrogens (tertiary/aromatic N) is 3. The van der Waals surface area contributed by atoms with Gasteiger partial charge in [-0.3, -0.25) is 0 Å². The lowest BCUT2D eigenvalue weighted by molar-refractivity contribution is 0.457. The number of aryl methyl sites for hydroxylation is 3. The van der Waals surface area contributed by atoms with Gasteiger partial charge in [-0.2, -0.15) is 5.10 Å². The van der Waals surface area contributed by atoms with E-state index in [4.69, 9.17) is 4.42 Å². The van der Waals surface area contributed by atoms with Gasteiger partial charge < -0.3 is 9.73 Å². The second-order valence-corrected chi connectivity index (χ2v) is 5.76. The number of hydrogen-bond donors (Lipinski definition) is 1. The Kier molecular flexibility index (Phi) is 4.10. The molecule has 0 unspecified atom stereocenters. The third-order valence-corrected chi connectivity index (χ3v) is 3.96. The van der Waals surface area contributed by atoms with E-state index in [2.05, 4.69) is 35.3 Å². The zero-order chi connectivity index (χ0) is 14.8. The molecule has 5 nitrogen and oxygen atoms in total. The highest BCUT2D eigenvalue weighted by molar-refractivity contribution is 5.21. The molecule has 21 heavy (non-hydrogen) atoms. The van der Waals surface area contributed by atoms with Gasteiger partial charge in [-0.15, -0.1) is 0 Å². The standard InChI is InChI=1S/C16H24N4O/c1-4-15-18-16(5-2)20(19-15)10-12-8-14(21-11(12)3)9-17-13-6-7-13/h8,13,17H,4-7,9-10H2,1-3H3. The van der Waals surface area contributed by atoms with Crippen molar-refractivity contribution in [1.82, 2.24) is 20.1 Å². The summed E-state index contributed by atoms with van der Waals surface area (Å²) in [7, 11) is 0. The van der Waals surface area contributed by atoms with Crippen LogP contribution >= 0.6 is 0 Å². The molecule has 1 aliphatic rings. The molecule has 1 fully saturated rings. The largest absolute Gasteiger partial charge is 0.465 e. The molecule has 0 atom stereocenters. The maximum Gasteiger partial charge on any atom is 0.150 e. The second kappa shape index (κ2) is 6.02. The summed E-state index contributed by atoms with van der Waals surface area (Å²) in [6, 6.07) is 2.85. The molecule has 1 saturated carbocycles. The molecule has 0 aromatic carbocycles. The van der Waals surface area contributed by atoms with Crippen molar-refractivity contribution < 1.29 is 4.42 Å². The van der Waals surface area contributed by atoms with Gasteiger partial charge in [0.05, 0.1) is 13.1 Å². The summed E-state index contributed by atoms with van der Waals surface area (Å²) in [6.45, 7) is 7.80. The predicted octanol–water partition coefficient (Wildman–Crippen LogP) is 2.60. The summed E-state index contributed by atoms with van der Waals surface area (Å²) in [5.74, 6) is 3.97. The van der Waals surface area contributed by atoms with Crippen LogP contribution in [0.1, 0.15) is 55.4 Å². The SMILES string of the molecule is CCc1nc(CC)n(Cc2cc(CNC3CC3)oc2C)n1. The zero-order valence-electron chi connectivity index (χ0n) is 13.1. The Balaban J connectivity index is 1.72. The van der Waals surface area contributed by atoms with Crippen LogP contribution in [-0.4, -0.2) is 20.8 Å². The Morgan fingerprint density at radius 2 is 2.14 bits per heavy atom. The average Bonchev–Trinajstić information content (AvgIpc) is 3.13. The van der Waals surface area contributed by atoms with E-state index in [1.807, 2.05) is 11.6 Å². The molecule has 2 aromatic heterocycles. The van der Waals surface area contributed by atoms with E-state index in [0.29, 0.717) is 6.04 Å². The van der Waals surface area contributed by atoms with Crippen LogP contribution in [0.15, 0.2) is 10.5 Å². The second-order valence-electron chi connectivity index (χ2n) is 5.76. The maximum absolute atomic E-state index is 5.85. The van der Waals surface area contributed by atoms with Gasteiger partial charge in [-0.1, -0.05) is 13.8 Å². The van der Waals surface area contributed by atoms with Crippen molar-refractivity contribution in [2.24, 2.45) is 0 Å². The molecule has 0 saturated heterocycles.